The van der Waals surface area contributed by atoms with Gasteiger partial charge in [-0.25, -0.2) is 0 Å². The van der Waals surface area contributed by atoms with Crippen molar-refractivity contribution in [3.63, 3.8) is 0 Å². The van der Waals surface area contributed by atoms with Gasteiger partial charge in [0.15, 0.2) is 0 Å². The Balaban J connectivity index is 3.26. The summed E-state index contributed by atoms with van der Waals surface area (Å²) in [5.74, 6) is 4.57. The molecule has 0 bridgehead atoms. The molecule has 2 N–H and O–H groups in total. The van der Waals surface area contributed by atoms with E-state index in [0.29, 0.717) is 0 Å². The Kier molecular flexibility index (Phi) is 31.1. The standard InChI is InChI=1S/C38H60O2/c1-3-37(39)35-33-31-29-27-25-23-21-19-17-15-13-11-9-7-5-6-8-10-12-14-16-18-20-22-24-26-28-30-32-34-36-38(40)4-2/h1-2,5-6,23-26,33-40H,7-22,27-32H2/b6-5-,25-23-,26-24-,35-33+,36-34+/t37-,38-/m1/s1. The van der Waals surface area contributed by atoms with Gasteiger partial charge in [-0.2, -0.15) is 0 Å². The molecule has 0 aliphatic rings. The highest BCUT2D eigenvalue weighted by atomic mass is 16.3. The van der Waals surface area contributed by atoms with Gasteiger partial charge in [0.25, 0.3) is 0 Å². The molecule has 0 fully saturated rings. The van der Waals surface area contributed by atoms with E-state index in [2.05, 4.69) is 48.3 Å². The summed E-state index contributed by atoms with van der Waals surface area (Å²) in [4.78, 5) is 0. The fourth-order valence-corrected chi connectivity index (χ4v) is 4.44. The molecule has 0 spiro atoms. The van der Waals surface area contributed by atoms with Crippen LogP contribution in [0.15, 0.2) is 60.8 Å². The summed E-state index contributed by atoms with van der Waals surface area (Å²) in [5.41, 5.74) is 0. The molecule has 0 unspecified atom stereocenters. The average molecular weight is 549 g/mol. The number of hydrogen-bond donors (Lipinski definition) is 2. The third-order valence-electron chi connectivity index (χ3n) is 6.94. The van der Waals surface area contributed by atoms with Crippen LogP contribution in [0.3, 0.4) is 0 Å². The first kappa shape index (κ1) is 37.7. The zero-order valence-corrected chi connectivity index (χ0v) is 25.5. The van der Waals surface area contributed by atoms with E-state index in [0.717, 1.165) is 38.5 Å². The monoisotopic (exact) mass is 548 g/mol. The van der Waals surface area contributed by atoms with Crippen LogP contribution in [0.1, 0.15) is 141 Å². The molecule has 2 nitrogen and oxygen atoms in total. The molecule has 0 saturated carbocycles. The Morgan fingerprint density at radius 2 is 0.575 bits per heavy atom. The van der Waals surface area contributed by atoms with Crippen molar-refractivity contribution in [1.82, 2.24) is 0 Å². The molecule has 0 aromatic heterocycles. The smallest absolute Gasteiger partial charge is 0.133 e. The Hall–Kier alpha value is -2.26. The zero-order chi connectivity index (χ0) is 29.2. The number of aliphatic hydroxyl groups is 2. The van der Waals surface area contributed by atoms with Crippen LogP contribution in [-0.4, -0.2) is 22.4 Å². The van der Waals surface area contributed by atoms with Crippen molar-refractivity contribution in [2.75, 3.05) is 0 Å². The maximum Gasteiger partial charge on any atom is 0.133 e. The molecule has 40 heavy (non-hydrogen) atoms. The summed E-state index contributed by atoms with van der Waals surface area (Å²) in [6, 6.07) is 0. The van der Waals surface area contributed by atoms with Gasteiger partial charge in [-0.05, 0) is 102 Å². The highest BCUT2D eigenvalue weighted by Gasteiger charge is 1.93. The molecule has 0 aromatic carbocycles. The van der Waals surface area contributed by atoms with Gasteiger partial charge in [0.2, 0.25) is 0 Å². The quantitative estimate of drug-likeness (QED) is 0.0580. The number of hydrogen-bond acceptors (Lipinski definition) is 2. The van der Waals surface area contributed by atoms with Gasteiger partial charge in [-0.15, -0.1) is 12.8 Å². The molecule has 0 aliphatic heterocycles. The van der Waals surface area contributed by atoms with Gasteiger partial charge in [0, 0.05) is 0 Å². The number of unbranched alkanes of at least 4 members (excludes halogenated alkanes) is 18. The summed E-state index contributed by atoms with van der Waals surface area (Å²) in [6.45, 7) is 0. The highest BCUT2D eigenvalue weighted by Crippen LogP contribution is 2.12. The molecule has 224 valence electrons. The largest absolute Gasteiger partial charge is 0.377 e. The lowest BCUT2D eigenvalue weighted by molar-refractivity contribution is 0.280. The van der Waals surface area contributed by atoms with E-state index < -0.39 is 12.2 Å². The van der Waals surface area contributed by atoms with Crippen LogP contribution in [0.5, 0.6) is 0 Å². The molecule has 2 heteroatoms. The third kappa shape index (κ3) is 32.0. The molecule has 0 radical (unpaired) electrons. The molecule has 0 heterocycles. The van der Waals surface area contributed by atoms with Crippen LogP contribution in [0.4, 0.5) is 0 Å². The van der Waals surface area contributed by atoms with E-state index in [1.807, 2.05) is 12.2 Å². The lowest BCUT2D eigenvalue weighted by Crippen LogP contribution is -1.95. The Morgan fingerprint density at radius 3 is 0.850 bits per heavy atom. The minimum Gasteiger partial charge on any atom is -0.377 e. The van der Waals surface area contributed by atoms with Crippen molar-refractivity contribution in [1.29, 1.82) is 0 Å². The number of terminal acetylenes is 2. The predicted octanol–water partition coefficient (Wildman–Crippen LogP) is 10.3. The van der Waals surface area contributed by atoms with Crippen LogP contribution in [0, 0.1) is 24.7 Å². The lowest BCUT2D eigenvalue weighted by Gasteiger charge is -2.00. The molecule has 0 rings (SSSR count). The van der Waals surface area contributed by atoms with Crippen LogP contribution in [0.25, 0.3) is 0 Å². The van der Waals surface area contributed by atoms with E-state index in [-0.39, 0.29) is 0 Å². The van der Waals surface area contributed by atoms with Crippen LogP contribution >= 0.6 is 0 Å². The topological polar surface area (TPSA) is 40.5 Å². The summed E-state index contributed by atoms with van der Waals surface area (Å²) in [7, 11) is 0. The SMILES string of the molecule is C#C[C@@H](O)/C=C/CCC/C=C\CCCCCCCC/C=C\CCCCCCCC/C=C\CCC/C=C/[C@H](O)C#C. The van der Waals surface area contributed by atoms with Gasteiger partial charge in [0.1, 0.15) is 12.2 Å². The van der Waals surface area contributed by atoms with Crippen molar-refractivity contribution in [3.8, 4) is 24.7 Å². The van der Waals surface area contributed by atoms with Gasteiger partial charge < -0.3 is 10.2 Å². The average Bonchev–Trinajstić information content (AvgIpc) is 2.97. The van der Waals surface area contributed by atoms with Gasteiger partial charge in [-0.1, -0.05) is 112 Å². The molecule has 2 atom stereocenters. The number of allylic oxidation sites excluding steroid dienone is 8. The minimum atomic E-state index is -0.735. The first-order chi connectivity index (χ1) is 19.7. The van der Waals surface area contributed by atoms with Crippen LogP contribution in [0.2, 0.25) is 0 Å². The van der Waals surface area contributed by atoms with Crippen LogP contribution < -0.4 is 0 Å². The molecule has 0 amide bonds. The minimum absolute atomic E-state index is 0.735. The fourth-order valence-electron chi connectivity index (χ4n) is 4.44. The third-order valence-corrected chi connectivity index (χ3v) is 6.94. The summed E-state index contributed by atoms with van der Waals surface area (Å²) >= 11 is 0. The van der Waals surface area contributed by atoms with Gasteiger partial charge >= 0.3 is 0 Å². The molecular weight excluding hydrogens is 488 g/mol. The van der Waals surface area contributed by atoms with Gasteiger partial charge in [0.05, 0.1) is 0 Å². The second-order valence-corrected chi connectivity index (χ2v) is 10.8. The Morgan fingerprint density at radius 1 is 0.350 bits per heavy atom. The summed E-state index contributed by atoms with van der Waals surface area (Å²) in [6.07, 6.45) is 57.6. The lowest BCUT2D eigenvalue weighted by atomic mass is 10.1. The van der Waals surface area contributed by atoms with Crippen molar-refractivity contribution in [2.24, 2.45) is 0 Å². The Bertz CT molecular complexity index is 691. The summed E-state index contributed by atoms with van der Waals surface area (Å²) in [5, 5.41) is 18.5. The van der Waals surface area contributed by atoms with Crippen molar-refractivity contribution >= 4 is 0 Å². The molecule has 0 aliphatic carbocycles. The first-order valence-corrected chi connectivity index (χ1v) is 16.3. The zero-order valence-electron chi connectivity index (χ0n) is 25.5. The van der Waals surface area contributed by atoms with E-state index >= 15 is 0 Å². The fraction of sp³-hybridized carbons (Fsp3) is 0.632. The van der Waals surface area contributed by atoms with E-state index in [4.69, 9.17) is 12.8 Å². The maximum atomic E-state index is 9.23. The molecule has 0 saturated heterocycles. The highest BCUT2D eigenvalue weighted by molar-refractivity contribution is 5.06. The van der Waals surface area contributed by atoms with Crippen LogP contribution in [-0.2, 0) is 0 Å². The van der Waals surface area contributed by atoms with E-state index in [9.17, 15) is 10.2 Å². The molecule has 0 aromatic rings. The number of aliphatic hydroxyl groups excluding tert-OH is 2. The maximum absolute atomic E-state index is 9.23. The normalized spacial score (nSPS) is 13.7. The van der Waals surface area contributed by atoms with E-state index in [1.165, 1.54) is 103 Å². The summed E-state index contributed by atoms with van der Waals surface area (Å²) < 4.78 is 0. The number of rotatable bonds is 28. The second-order valence-electron chi connectivity index (χ2n) is 10.8. The second kappa shape index (κ2) is 32.9. The predicted molar refractivity (Wildman–Crippen MR) is 177 cm³/mol. The van der Waals surface area contributed by atoms with E-state index in [1.54, 1.807) is 12.2 Å². The van der Waals surface area contributed by atoms with Crippen molar-refractivity contribution in [3.05, 3.63) is 60.8 Å². The van der Waals surface area contributed by atoms with Crippen molar-refractivity contribution in [2.45, 2.75) is 153 Å². The van der Waals surface area contributed by atoms with Gasteiger partial charge in [-0.3, -0.25) is 0 Å². The molecular formula is C38H60O2. The Labute approximate surface area is 248 Å². The first-order valence-electron chi connectivity index (χ1n) is 16.3. The van der Waals surface area contributed by atoms with Crippen molar-refractivity contribution < 1.29 is 10.2 Å².